The molecule has 2 bridgehead atoms. The fourth-order valence-corrected chi connectivity index (χ4v) is 5.52. The quantitative estimate of drug-likeness (QED) is 0.726. The fourth-order valence-electron chi connectivity index (χ4n) is 5.52. The van der Waals surface area contributed by atoms with E-state index < -0.39 is 17.3 Å². The third kappa shape index (κ3) is 1.07. The molecule has 1 N–H and O–H groups in total. The van der Waals surface area contributed by atoms with Gasteiger partial charge in [-0.3, -0.25) is 9.59 Å². The summed E-state index contributed by atoms with van der Waals surface area (Å²) in [5, 5.41) is 9.58. The van der Waals surface area contributed by atoms with Crippen molar-refractivity contribution in [1.82, 2.24) is 0 Å². The van der Waals surface area contributed by atoms with E-state index in [0.29, 0.717) is 24.3 Å². The van der Waals surface area contributed by atoms with Crippen molar-refractivity contribution in [3.05, 3.63) is 12.2 Å². The second-order valence-corrected chi connectivity index (χ2v) is 6.90. The lowest BCUT2D eigenvalue weighted by atomic mass is 9.54. The standard InChI is InChI=1S/C15H20O3/c1-8-12(16)6-11-9-4-5-10(13(17)18)15(8,11)14(2,3)7-9/h9-11H,1,4-7H2,2-3H3,(H,17,18)/t9-,10+,11-,15+/m1/s1. The normalized spacial score (nSPS) is 45.1. The molecule has 3 fully saturated rings. The molecule has 3 aliphatic carbocycles. The average Bonchev–Trinajstić information content (AvgIpc) is 2.60. The largest absolute Gasteiger partial charge is 0.481 e. The van der Waals surface area contributed by atoms with Crippen molar-refractivity contribution in [1.29, 1.82) is 0 Å². The van der Waals surface area contributed by atoms with Crippen molar-refractivity contribution in [3.8, 4) is 0 Å². The van der Waals surface area contributed by atoms with Crippen LogP contribution in [0.25, 0.3) is 0 Å². The van der Waals surface area contributed by atoms with Crippen molar-refractivity contribution in [2.24, 2.45) is 28.6 Å². The first-order chi connectivity index (χ1) is 8.32. The first-order valence-corrected chi connectivity index (χ1v) is 6.77. The van der Waals surface area contributed by atoms with Crippen molar-refractivity contribution >= 4 is 11.8 Å². The van der Waals surface area contributed by atoms with Crippen LogP contribution in [0.2, 0.25) is 0 Å². The number of rotatable bonds is 1. The number of Topliss-reactive ketones (excluding diaryl/α,β-unsaturated/α-hetero) is 1. The van der Waals surface area contributed by atoms with Crippen LogP contribution in [0.1, 0.15) is 39.5 Å². The minimum absolute atomic E-state index is 0.103. The molecular formula is C15H20O3. The summed E-state index contributed by atoms with van der Waals surface area (Å²) in [5.41, 5.74) is 0.0105. The molecule has 0 aromatic carbocycles. The summed E-state index contributed by atoms with van der Waals surface area (Å²) in [6.45, 7) is 8.26. The van der Waals surface area contributed by atoms with Crippen LogP contribution in [0.3, 0.4) is 0 Å². The first-order valence-electron chi connectivity index (χ1n) is 6.77. The number of ketones is 1. The average molecular weight is 248 g/mol. The monoisotopic (exact) mass is 248 g/mol. The first kappa shape index (κ1) is 11.9. The summed E-state index contributed by atoms with van der Waals surface area (Å²) < 4.78 is 0. The molecule has 0 aromatic rings. The van der Waals surface area contributed by atoms with Crippen LogP contribution in [0.5, 0.6) is 0 Å². The van der Waals surface area contributed by atoms with Gasteiger partial charge in [-0.15, -0.1) is 0 Å². The zero-order valence-corrected chi connectivity index (χ0v) is 11.0. The van der Waals surface area contributed by atoms with Crippen LogP contribution in [0.15, 0.2) is 12.2 Å². The van der Waals surface area contributed by atoms with Crippen molar-refractivity contribution in [3.63, 3.8) is 0 Å². The van der Waals surface area contributed by atoms with E-state index in [-0.39, 0.29) is 17.1 Å². The van der Waals surface area contributed by atoms with Gasteiger partial charge in [-0.25, -0.2) is 0 Å². The molecule has 3 nitrogen and oxygen atoms in total. The van der Waals surface area contributed by atoms with Crippen molar-refractivity contribution < 1.29 is 14.7 Å². The molecule has 0 unspecified atom stereocenters. The lowest BCUT2D eigenvalue weighted by molar-refractivity contribution is -0.151. The van der Waals surface area contributed by atoms with E-state index in [9.17, 15) is 14.7 Å². The molecule has 0 saturated heterocycles. The zero-order valence-electron chi connectivity index (χ0n) is 11.0. The van der Waals surface area contributed by atoms with Crippen molar-refractivity contribution in [2.75, 3.05) is 0 Å². The molecule has 0 aliphatic heterocycles. The second kappa shape index (κ2) is 3.25. The number of carboxylic acid groups (broad SMARTS) is 1. The molecule has 3 rings (SSSR count). The van der Waals surface area contributed by atoms with Crippen molar-refractivity contribution in [2.45, 2.75) is 39.5 Å². The number of hydrogen-bond donors (Lipinski definition) is 1. The summed E-state index contributed by atoms with van der Waals surface area (Å²) in [7, 11) is 0. The van der Waals surface area contributed by atoms with E-state index in [1.165, 1.54) is 0 Å². The molecule has 4 atom stereocenters. The molecule has 3 heteroatoms. The Hall–Kier alpha value is -1.12. The van der Waals surface area contributed by atoms with Crippen LogP contribution in [0, 0.1) is 28.6 Å². The SMILES string of the molecule is C=C1C(=O)C[C@@H]2[C@@H]3CC[C@@H](C(=O)O)[C@@]12C(C)(C)C3. The molecule has 0 spiro atoms. The molecule has 0 heterocycles. The van der Waals surface area contributed by atoms with Crippen LogP contribution >= 0.6 is 0 Å². The highest BCUT2D eigenvalue weighted by Gasteiger charge is 2.71. The molecule has 3 aliphatic rings. The lowest BCUT2D eigenvalue weighted by Crippen LogP contribution is -2.48. The highest BCUT2D eigenvalue weighted by atomic mass is 16.4. The van der Waals surface area contributed by atoms with Gasteiger partial charge in [0.15, 0.2) is 5.78 Å². The lowest BCUT2D eigenvalue weighted by Gasteiger charge is -2.48. The van der Waals surface area contributed by atoms with Gasteiger partial charge >= 0.3 is 5.97 Å². The minimum Gasteiger partial charge on any atom is -0.481 e. The van der Waals surface area contributed by atoms with Gasteiger partial charge in [0.25, 0.3) is 0 Å². The number of hydrogen-bond acceptors (Lipinski definition) is 2. The van der Waals surface area contributed by atoms with Gasteiger partial charge in [0.2, 0.25) is 0 Å². The second-order valence-electron chi connectivity index (χ2n) is 6.90. The Labute approximate surface area is 107 Å². The molecule has 0 amide bonds. The summed E-state index contributed by atoms with van der Waals surface area (Å²) in [5.74, 6) is -0.327. The van der Waals surface area contributed by atoms with E-state index in [1.807, 2.05) is 0 Å². The van der Waals surface area contributed by atoms with E-state index in [0.717, 1.165) is 12.8 Å². The molecule has 0 radical (unpaired) electrons. The number of allylic oxidation sites excluding steroid dienone is 1. The predicted molar refractivity (Wildman–Crippen MR) is 66.9 cm³/mol. The Bertz CT molecular complexity index is 462. The molecule has 0 aromatic heterocycles. The van der Waals surface area contributed by atoms with Crippen LogP contribution in [-0.2, 0) is 9.59 Å². The number of carboxylic acids is 1. The van der Waals surface area contributed by atoms with Gasteiger partial charge in [0, 0.05) is 11.8 Å². The van der Waals surface area contributed by atoms with Gasteiger partial charge in [0.1, 0.15) is 0 Å². The highest BCUT2D eigenvalue weighted by Crippen LogP contribution is 2.73. The van der Waals surface area contributed by atoms with Gasteiger partial charge in [-0.1, -0.05) is 20.4 Å². The maximum absolute atomic E-state index is 12.1. The van der Waals surface area contributed by atoms with Crippen LogP contribution < -0.4 is 0 Å². The van der Waals surface area contributed by atoms with Crippen LogP contribution in [0.4, 0.5) is 0 Å². The molecular weight excluding hydrogens is 228 g/mol. The summed E-state index contributed by atoms with van der Waals surface area (Å²) >= 11 is 0. The Balaban J connectivity index is 2.23. The molecule has 98 valence electrons. The smallest absolute Gasteiger partial charge is 0.307 e. The Morgan fingerprint density at radius 1 is 1.39 bits per heavy atom. The third-order valence-electron chi connectivity index (χ3n) is 5.96. The zero-order chi connectivity index (χ0) is 13.3. The van der Waals surface area contributed by atoms with E-state index >= 15 is 0 Å². The third-order valence-corrected chi connectivity index (χ3v) is 5.96. The summed E-state index contributed by atoms with van der Waals surface area (Å²) in [4.78, 5) is 23.8. The van der Waals surface area contributed by atoms with E-state index in [1.54, 1.807) is 0 Å². The maximum Gasteiger partial charge on any atom is 0.307 e. The van der Waals surface area contributed by atoms with Gasteiger partial charge < -0.3 is 5.11 Å². The van der Waals surface area contributed by atoms with Crippen LogP contribution in [-0.4, -0.2) is 16.9 Å². The predicted octanol–water partition coefficient (Wildman–Crippen LogP) is 2.66. The van der Waals surface area contributed by atoms with E-state index in [2.05, 4.69) is 20.4 Å². The Morgan fingerprint density at radius 3 is 2.67 bits per heavy atom. The van der Waals surface area contributed by atoms with E-state index in [4.69, 9.17) is 0 Å². The maximum atomic E-state index is 12.1. The van der Waals surface area contributed by atoms with Gasteiger partial charge in [-0.05, 0) is 42.1 Å². The molecule has 18 heavy (non-hydrogen) atoms. The van der Waals surface area contributed by atoms with Gasteiger partial charge in [-0.2, -0.15) is 0 Å². The minimum atomic E-state index is -0.746. The Kier molecular flexibility index (Phi) is 2.16. The fraction of sp³-hybridized carbons (Fsp3) is 0.733. The topological polar surface area (TPSA) is 54.4 Å². The summed E-state index contributed by atoms with van der Waals surface area (Å²) in [6, 6.07) is 0. The highest BCUT2D eigenvalue weighted by molar-refractivity contribution is 6.00. The van der Waals surface area contributed by atoms with Gasteiger partial charge in [0.05, 0.1) is 5.92 Å². The summed E-state index contributed by atoms with van der Waals surface area (Å²) in [6.07, 6.45) is 3.21. The number of aliphatic carboxylic acids is 1. The Morgan fingerprint density at radius 2 is 2.06 bits per heavy atom. The number of carbonyl (C=O) groups excluding carboxylic acids is 1. The molecule has 3 saturated carbocycles. The number of carbonyl (C=O) groups is 2.